The van der Waals surface area contributed by atoms with E-state index >= 15 is 0 Å². The van der Waals surface area contributed by atoms with Crippen molar-refractivity contribution in [3.8, 4) is 0 Å². The number of aromatic nitrogens is 1. The maximum atomic E-state index is 4.90. The number of allylic oxidation sites excluding steroid dienone is 4. The zero-order chi connectivity index (χ0) is 13.4. The predicted octanol–water partition coefficient (Wildman–Crippen LogP) is 2.00. The molecule has 1 saturated heterocycles. The minimum absolute atomic E-state index is 1.05. The summed E-state index contributed by atoms with van der Waals surface area (Å²) in [5.41, 5.74) is 2.81. The molecule has 104 valence electrons. The van der Waals surface area contributed by atoms with Crippen molar-refractivity contribution in [1.82, 2.24) is 9.88 Å². The van der Waals surface area contributed by atoms with E-state index in [0.717, 1.165) is 12.8 Å². The van der Waals surface area contributed by atoms with Crippen molar-refractivity contribution in [2.45, 2.75) is 32.1 Å². The van der Waals surface area contributed by atoms with E-state index in [-0.39, 0.29) is 0 Å². The van der Waals surface area contributed by atoms with E-state index in [1.54, 1.807) is 0 Å². The highest BCUT2D eigenvalue weighted by Crippen LogP contribution is 2.23. The number of nitrogens with zero attached hydrogens (tertiary/aromatic N) is 2. The summed E-state index contributed by atoms with van der Waals surface area (Å²) in [7, 11) is 0. The molecule has 1 aromatic heterocycles. The number of likely N-dealkylation sites (tertiary alicyclic amines) is 1. The normalized spacial score (nSPS) is 20.8. The summed E-state index contributed by atoms with van der Waals surface area (Å²) in [5.74, 6) is 0. The zero-order valence-corrected chi connectivity index (χ0v) is 12.6. The Morgan fingerprint density at radius 3 is 3.05 bits per heavy atom. The maximum Gasteiger partial charge on any atom is 0.0939 e. The van der Waals surface area contributed by atoms with Gasteiger partial charge >= 0.3 is 0 Å². The van der Waals surface area contributed by atoms with Gasteiger partial charge < -0.3 is 4.90 Å². The van der Waals surface area contributed by atoms with Crippen molar-refractivity contribution in [2.75, 3.05) is 19.6 Å². The van der Waals surface area contributed by atoms with E-state index in [2.05, 4.69) is 29.2 Å². The first kappa shape index (κ1) is 12.5. The number of rotatable bonds is 4. The summed E-state index contributed by atoms with van der Waals surface area (Å²) in [5, 5.41) is 2.59. The second kappa shape index (κ2) is 5.30. The summed E-state index contributed by atoms with van der Waals surface area (Å²) in [6.07, 6.45) is 15.1. The standard InChI is InChI=1S/C17H20N2S/c1-2-7-14-13(6-1)12-15-17(14)18-16(20-15)8-5-11-19-9-3-4-10-19/h1-2,6,12H,3-5,7-11H2. The smallest absolute Gasteiger partial charge is 0.0939 e. The van der Waals surface area contributed by atoms with Crippen molar-refractivity contribution < 1.29 is 0 Å². The lowest BCUT2D eigenvalue weighted by molar-refractivity contribution is 0.334. The molecule has 0 atom stereocenters. The number of fused-ring (bicyclic) bond motifs is 2. The minimum atomic E-state index is 1.05. The molecule has 1 aromatic rings. The van der Waals surface area contributed by atoms with Gasteiger partial charge in [0.15, 0.2) is 0 Å². The van der Waals surface area contributed by atoms with Crippen LogP contribution in [0.5, 0.6) is 0 Å². The molecule has 0 unspecified atom stereocenters. The molecule has 3 aliphatic rings. The van der Waals surface area contributed by atoms with Crippen molar-refractivity contribution in [3.05, 3.63) is 38.7 Å². The average molecular weight is 284 g/mol. The van der Waals surface area contributed by atoms with E-state index in [0.29, 0.717) is 0 Å². The van der Waals surface area contributed by atoms with E-state index in [1.165, 1.54) is 64.9 Å². The molecular weight excluding hydrogens is 264 g/mol. The Morgan fingerprint density at radius 2 is 2.15 bits per heavy atom. The lowest BCUT2D eigenvalue weighted by Gasteiger charge is -2.13. The molecule has 4 rings (SSSR count). The molecule has 0 radical (unpaired) electrons. The Kier molecular flexibility index (Phi) is 3.32. The van der Waals surface area contributed by atoms with Gasteiger partial charge in [-0.15, -0.1) is 11.3 Å². The third kappa shape index (κ3) is 2.29. The number of thiazole rings is 1. The van der Waals surface area contributed by atoms with Crippen LogP contribution in [0.25, 0.3) is 11.6 Å². The van der Waals surface area contributed by atoms with Crippen molar-refractivity contribution >= 4 is 23.0 Å². The third-order valence-corrected chi connectivity index (χ3v) is 5.48. The fourth-order valence-corrected chi connectivity index (χ4v) is 4.43. The van der Waals surface area contributed by atoms with Crippen LogP contribution in [-0.2, 0) is 6.42 Å². The third-order valence-electron chi connectivity index (χ3n) is 4.42. The first-order chi connectivity index (χ1) is 9.90. The summed E-state index contributed by atoms with van der Waals surface area (Å²) in [6.45, 7) is 3.86. The average Bonchev–Trinajstić information content (AvgIpc) is 3.14. The lowest BCUT2D eigenvalue weighted by Crippen LogP contribution is -2.21. The van der Waals surface area contributed by atoms with E-state index < -0.39 is 0 Å². The summed E-state index contributed by atoms with van der Waals surface area (Å²) in [4.78, 5) is 7.49. The van der Waals surface area contributed by atoms with Crippen molar-refractivity contribution in [2.24, 2.45) is 0 Å². The van der Waals surface area contributed by atoms with Crippen LogP contribution in [0.15, 0.2) is 23.8 Å². The first-order valence-corrected chi connectivity index (χ1v) is 8.52. The molecule has 1 fully saturated rings. The van der Waals surface area contributed by atoms with Gasteiger partial charge in [0.05, 0.1) is 14.9 Å². The van der Waals surface area contributed by atoms with Crippen molar-refractivity contribution in [3.63, 3.8) is 0 Å². The van der Waals surface area contributed by atoms with Crippen LogP contribution in [0.3, 0.4) is 0 Å². The van der Waals surface area contributed by atoms with Gasteiger partial charge in [-0.3, -0.25) is 0 Å². The fraction of sp³-hybridized carbons (Fsp3) is 0.471. The Hall–Kier alpha value is -1.19. The highest BCUT2D eigenvalue weighted by Gasteiger charge is 2.16. The van der Waals surface area contributed by atoms with Crippen LogP contribution in [0, 0.1) is 0 Å². The summed E-state index contributed by atoms with van der Waals surface area (Å²) >= 11 is 1.90. The van der Waals surface area contributed by atoms with E-state index in [1.807, 2.05) is 11.3 Å². The van der Waals surface area contributed by atoms with E-state index in [4.69, 9.17) is 4.98 Å². The van der Waals surface area contributed by atoms with Gasteiger partial charge in [0.25, 0.3) is 0 Å². The van der Waals surface area contributed by atoms with E-state index in [9.17, 15) is 0 Å². The van der Waals surface area contributed by atoms with Crippen LogP contribution < -0.4 is 9.88 Å². The molecule has 0 bridgehead atoms. The second-order valence-electron chi connectivity index (χ2n) is 5.85. The van der Waals surface area contributed by atoms with Gasteiger partial charge in [-0.25, -0.2) is 4.98 Å². The minimum Gasteiger partial charge on any atom is -0.303 e. The molecule has 3 heteroatoms. The van der Waals surface area contributed by atoms with Crippen LogP contribution in [0.1, 0.15) is 30.7 Å². The Morgan fingerprint density at radius 1 is 1.25 bits per heavy atom. The summed E-state index contributed by atoms with van der Waals surface area (Å²) < 4.78 is 1.38. The molecule has 0 spiro atoms. The largest absolute Gasteiger partial charge is 0.303 e. The molecule has 20 heavy (non-hydrogen) atoms. The first-order valence-electron chi connectivity index (χ1n) is 7.70. The molecule has 2 nitrogen and oxygen atoms in total. The van der Waals surface area contributed by atoms with Gasteiger partial charge in [-0.2, -0.15) is 0 Å². The van der Waals surface area contributed by atoms with Crippen LogP contribution in [0.2, 0.25) is 0 Å². The van der Waals surface area contributed by atoms with Gasteiger partial charge in [0.2, 0.25) is 0 Å². The number of aryl methyl sites for hydroxylation is 1. The number of hydrogen-bond donors (Lipinski definition) is 0. The van der Waals surface area contributed by atoms with Crippen LogP contribution in [0.4, 0.5) is 0 Å². The molecule has 0 aromatic carbocycles. The van der Waals surface area contributed by atoms with Crippen LogP contribution >= 0.6 is 11.3 Å². The van der Waals surface area contributed by atoms with Gasteiger partial charge in [0.1, 0.15) is 0 Å². The topological polar surface area (TPSA) is 16.1 Å². The fourth-order valence-electron chi connectivity index (χ4n) is 3.34. The Labute approximate surface area is 123 Å². The maximum absolute atomic E-state index is 4.90. The van der Waals surface area contributed by atoms with Crippen LogP contribution in [-0.4, -0.2) is 29.5 Å². The molecule has 0 N–H and O–H groups in total. The number of hydrogen-bond acceptors (Lipinski definition) is 3. The molecule has 2 heterocycles. The quantitative estimate of drug-likeness (QED) is 0.841. The lowest BCUT2D eigenvalue weighted by atomic mass is 10.0. The second-order valence-corrected chi connectivity index (χ2v) is 6.97. The molecule has 0 amide bonds. The van der Waals surface area contributed by atoms with Gasteiger partial charge in [-0.1, -0.05) is 18.2 Å². The highest BCUT2D eigenvalue weighted by atomic mass is 32.1. The SMILES string of the molecule is C1=CCC2=c3nc(CCCN4CCCC4)sc3=CC2=C1. The Bertz CT molecular complexity index is 687. The summed E-state index contributed by atoms with van der Waals surface area (Å²) in [6, 6.07) is 0. The predicted molar refractivity (Wildman–Crippen MR) is 85.1 cm³/mol. The van der Waals surface area contributed by atoms with Gasteiger partial charge in [-0.05, 0) is 62.5 Å². The monoisotopic (exact) mass is 284 g/mol. The molecule has 1 aliphatic heterocycles. The molecular formula is C17H20N2S. The zero-order valence-electron chi connectivity index (χ0n) is 11.8. The highest BCUT2D eigenvalue weighted by molar-refractivity contribution is 7.09. The molecule has 2 aliphatic carbocycles. The van der Waals surface area contributed by atoms with Crippen molar-refractivity contribution in [1.29, 1.82) is 0 Å². The molecule has 0 saturated carbocycles. The van der Waals surface area contributed by atoms with Gasteiger partial charge in [0, 0.05) is 6.42 Å². The Balaban J connectivity index is 1.46.